The molecule has 0 aliphatic rings. The number of nitrogens with zero attached hydrogens (tertiary/aromatic N) is 4. The molecular formula is C27H32N6O2. The molecule has 0 aliphatic heterocycles. The van der Waals surface area contributed by atoms with E-state index in [9.17, 15) is 9.59 Å². The molecular weight excluding hydrogens is 440 g/mol. The van der Waals surface area contributed by atoms with Gasteiger partial charge in [0.05, 0.1) is 16.8 Å². The second kappa shape index (κ2) is 9.37. The standard InChI is InChI=1S/C27H32N6O2/c1-15(2)33-23-12-20(19-8-9-24(28-13-19)32(6)7)11-21(25(23)18(5)31-33)26(34)29-14-22-16(3)10-17(4)30-27(22)35/h8-13,15H,14H2,1-7H3,(H,29,34)(H,30,35). The van der Waals surface area contributed by atoms with E-state index in [-0.39, 0.29) is 24.1 Å². The molecule has 3 heterocycles. The number of hydrogen-bond donors (Lipinski definition) is 2. The zero-order valence-electron chi connectivity index (χ0n) is 21.4. The highest BCUT2D eigenvalue weighted by atomic mass is 16.1. The molecule has 0 saturated heterocycles. The number of carbonyl (C=O) groups excluding carboxylic acids is 1. The van der Waals surface area contributed by atoms with Crippen molar-refractivity contribution in [2.75, 3.05) is 19.0 Å². The summed E-state index contributed by atoms with van der Waals surface area (Å²) in [5.41, 5.74) is 6.01. The Morgan fingerprint density at radius 1 is 1.11 bits per heavy atom. The number of hydrogen-bond acceptors (Lipinski definition) is 5. The molecule has 0 saturated carbocycles. The van der Waals surface area contributed by atoms with E-state index in [0.29, 0.717) is 11.1 Å². The molecule has 8 nitrogen and oxygen atoms in total. The maximum Gasteiger partial charge on any atom is 0.253 e. The quantitative estimate of drug-likeness (QED) is 0.436. The van der Waals surface area contributed by atoms with Crippen LogP contribution in [0.5, 0.6) is 0 Å². The van der Waals surface area contributed by atoms with Gasteiger partial charge in [-0.25, -0.2) is 4.98 Å². The minimum atomic E-state index is -0.250. The van der Waals surface area contributed by atoms with Crippen LogP contribution in [-0.4, -0.2) is 39.8 Å². The van der Waals surface area contributed by atoms with E-state index in [4.69, 9.17) is 5.10 Å². The largest absolute Gasteiger partial charge is 0.363 e. The summed E-state index contributed by atoms with van der Waals surface area (Å²) in [5.74, 6) is 0.607. The van der Waals surface area contributed by atoms with Crippen LogP contribution in [0, 0.1) is 20.8 Å². The van der Waals surface area contributed by atoms with Crippen molar-refractivity contribution >= 4 is 22.6 Å². The van der Waals surface area contributed by atoms with E-state index in [2.05, 4.69) is 35.2 Å². The fraction of sp³-hybridized carbons (Fsp3) is 0.333. The fourth-order valence-electron chi connectivity index (χ4n) is 4.38. The lowest BCUT2D eigenvalue weighted by atomic mass is 9.99. The number of aromatic amines is 1. The number of benzene rings is 1. The number of amides is 1. The van der Waals surface area contributed by atoms with Gasteiger partial charge in [-0.2, -0.15) is 5.10 Å². The summed E-state index contributed by atoms with van der Waals surface area (Å²) >= 11 is 0. The van der Waals surface area contributed by atoms with Crippen molar-refractivity contribution in [3.05, 3.63) is 75.0 Å². The number of H-pyrrole nitrogens is 1. The number of aryl methyl sites for hydroxylation is 3. The Labute approximate surface area is 205 Å². The topological polar surface area (TPSA) is 95.9 Å². The van der Waals surface area contributed by atoms with Gasteiger partial charge in [-0.15, -0.1) is 0 Å². The van der Waals surface area contributed by atoms with Gasteiger partial charge in [0, 0.05) is 55.1 Å². The summed E-state index contributed by atoms with van der Waals surface area (Å²) in [5, 5.41) is 8.49. The van der Waals surface area contributed by atoms with Gasteiger partial charge in [0.1, 0.15) is 5.82 Å². The molecule has 0 aliphatic carbocycles. The summed E-state index contributed by atoms with van der Waals surface area (Å²) in [6, 6.07) is 9.94. The van der Waals surface area contributed by atoms with Crippen molar-refractivity contribution < 1.29 is 4.79 Å². The van der Waals surface area contributed by atoms with Gasteiger partial charge in [-0.3, -0.25) is 14.3 Å². The lowest BCUT2D eigenvalue weighted by Gasteiger charge is -2.14. The van der Waals surface area contributed by atoms with Gasteiger partial charge in [-0.05, 0) is 76.1 Å². The summed E-state index contributed by atoms with van der Waals surface area (Å²) in [6.45, 7) is 9.91. The van der Waals surface area contributed by atoms with Gasteiger partial charge >= 0.3 is 0 Å². The van der Waals surface area contributed by atoms with Crippen molar-refractivity contribution in [2.45, 2.75) is 47.2 Å². The number of nitrogens with one attached hydrogen (secondary N) is 2. The Morgan fingerprint density at radius 3 is 2.46 bits per heavy atom. The van der Waals surface area contributed by atoms with E-state index in [1.54, 1.807) is 0 Å². The highest BCUT2D eigenvalue weighted by Gasteiger charge is 2.20. The first-order chi connectivity index (χ1) is 16.6. The van der Waals surface area contributed by atoms with Crippen molar-refractivity contribution in [3.63, 3.8) is 0 Å². The second-order valence-corrected chi connectivity index (χ2v) is 9.47. The van der Waals surface area contributed by atoms with Crippen LogP contribution >= 0.6 is 0 Å². The van der Waals surface area contributed by atoms with E-state index in [1.165, 1.54) is 0 Å². The molecule has 182 valence electrons. The molecule has 35 heavy (non-hydrogen) atoms. The predicted octanol–water partition coefficient (Wildman–Crippen LogP) is 4.29. The fourth-order valence-corrected chi connectivity index (χ4v) is 4.38. The summed E-state index contributed by atoms with van der Waals surface area (Å²) in [4.78, 5) is 35.2. The van der Waals surface area contributed by atoms with Gasteiger partial charge < -0.3 is 15.2 Å². The normalized spacial score (nSPS) is 11.3. The van der Waals surface area contributed by atoms with E-state index < -0.39 is 0 Å². The van der Waals surface area contributed by atoms with Crippen LogP contribution in [0.15, 0.2) is 41.3 Å². The molecule has 0 atom stereocenters. The third kappa shape index (κ3) is 4.69. The molecule has 1 amide bonds. The Kier molecular flexibility index (Phi) is 6.47. The second-order valence-electron chi connectivity index (χ2n) is 9.47. The van der Waals surface area contributed by atoms with Crippen LogP contribution in [0.25, 0.3) is 22.0 Å². The van der Waals surface area contributed by atoms with E-state index in [1.807, 2.05) is 74.9 Å². The first-order valence-electron chi connectivity index (χ1n) is 11.7. The highest BCUT2D eigenvalue weighted by Crippen LogP contribution is 2.31. The number of aromatic nitrogens is 4. The van der Waals surface area contributed by atoms with Crippen LogP contribution < -0.4 is 15.8 Å². The monoisotopic (exact) mass is 472 g/mol. The highest BCUT2D eigenvalue weighted by molar-refractivity contribution is 6.09. The molecule has 0 fully saturated rings. The molecule has 4 rings (SSSR count). The van der Waals surface area contributed by atoms with Crippen molar-refractivity contribution in [3.8, 4) is 11.1 Å². The summed E-state index contributed by atoms with van der Waals surface area (Å²) in [7, 11) is 3.89. The van der Waals surface area contributed by atoms with Gasteiger partial charge in [0.25, 0.3) is 11.5 Å². The van der Waals surface area contributed by atoms with Gasteiger partial charge in [-0.1, -0.05) is 0 Å². The zero-order chi connectivity index (χ0) is 25.4. The summed E-state index contributed by atoms with van der Waals surface area (Å²) < 4.78 is 1.95. The van der Waals surface area contributed by atoms with E-state index >= 15 is 0 Å². The SMILES string of the molecule is Cc1cc(C)c(CNC(=O)c2cc(-c3ccc(N(C)C)nc3)cc3c2c(C)nn3C(C)C)c(=O)[nH]1. The Hall–Kier alpha value is -3.94. The van der Waals surface area contributed by atoms with Crippen molar-refractivity contribution in [2.24, 2.45) is 0 Å². The minimum absolute atomic E-state index is 0.125. The maximum absolute atomic E-state index is 13.5. The van der Waals surface area contributed by atoms with Gasteiger partial charge in [0.15, 0.2) is 0 Å². The first-order valence-corrected chi connectivity index (χ1v) is 11.7. The molecule has 8 heteroatoms. The number of pyridine rings is 2. The minimum Gasteiger partial charge on any atom is -0.363 e. The number of rotatable bonds is 6. The Morgan fingerprint density at radius 2 is 1.86 bits per heavy atom. The summed E-state index contributed by atoms with van der Waals surface area (Å²) in [6.07, 6.45) is 1.82. The van der Waals surface area contributed by atoms with Crippen LogP contribution in [-0.2, 0) is 6.54 Å². The number of fused-ring (bicyclic) bond motifs is 1. The van der Waals surface area contributed by atoms with Crippen molar-refractivity contribution in [1.29, 1.82) is 0 Å². The van der Waals surface area contributed by atoms with Crippen molar-refractivity contribution in [1.82, 2.24) is 25.1 Å². The van der Waals surface area contributed by atoms with E-state index in [0.717, 1.165) is 44.8 Å². The van der Waals surface area contributed by atoms with Crippen LogP contribution in [0.1, 0.15) is 52.8 Å². The molecule has 2 N–H and O–H groups in total. The smallest absolute Gasteiger partial charge is 0.253 e. The molecule has 0 unspecified atom stereocenters. The predicted molar refractivity (Wildman–Crippen MR) is 140 cm³/mol. The molecule has 0 radical (unpaired) electrons. The Balaban J connectivity index is 1.79. The molecule has 0 spiro atoms. The van der Waals surface area contributed by atoms with Crippen LogP contribution in [0.2, 0.25) is 0 Å². The first kappa shape index (κ1) is 24.2. The third-order valence-electron chi connectivity index (χ3n) is 6.18. The lowest BCUT2D eigenvalue weighted by molar-refractivity contribution is 0.0952. The maximum atomic E-state index is 13.5. The molecule has 0 bridgehead atoms. The van der Waals surface area contributed by atoms with Crippen LogP contribution in [0.4, 0.5) is 5.82 Å². The molecule has 1 aromatic carbocycles. The number of anilines is 1. The lowest BCUT2D eigenvalue weighted by Crippen LogP contribution is -2.28. The average molecular weight is 473 g/mol. The number of carbonyl (C=O) groups is 1. The van der Waals surface area contributed by atoms with Gasteiger partial charge in [0.2, 0.25) is 0 Å². The third-order valence-corrected chi connectivity index (χ3v) is 6.18. The van der Waals surface area contributed by atoms with Crippen LogP contribution in [0.3, 0.4) is 0 Å². The zero-order valence-corrected chi connectivity index (χ0v) is 21.4. The molecule has 4 aromatic rings. The molecule has 3 aromatic heterocycles. The Bertz CT molecular complexity index is 1460. The average Bonchev–Trinajstić information content (AvgIpc) is 3.14.